The van der Waals surface area contributed by atoms with E-state index in [0.717, 1.165) is 5.69 Å². The smallest absolute Gasteiger partial charge is 0.487 e. The molecule has 2 aromatic rings. The van der Waals surface area contributed by atoms with Crippen molar-refractivity contribution >= 4 is 18.9 Å². The first-order valence-electron chi connectivity index (χ1n) is 8.29. The SMILES string of the molecule is O=Cc1ccc(OCc2ccn(C3CCCCC3)n2)cc1B(O)O. The molecule has 0 bridgehead atoms. The van der Waals surface area contributed by atoms with Crippen LogP contribution in [-0.2, 0) is 6.61 Å². The van der Waals surface area contributed by atoms with Crippen LogP contribution in [0.5, 0.6) is 5.75 Å². The first-order valence-corrected chi connectivity index (χ1v) is 8.29. The van der Waals surface area contributed by atoms with Crippen LogP contribution in [0.4, 0.5) is 0 Å². The van der Waals surface area contributed by atoms with Gasteiger partial charge in [0.05, 0.1) is 11.7 Å². The third-order valence-electron chi connectivity index (χ3n) is 4.46. The Hall–Kier alpha value is -2.12. The topological polar surface area (TPSA) is 84.6 Å². The zero-order valence-corrected chi connectivity index (χ0v) is 13.5. The van der Waals surface area contributed by atoms with Crippen molar-refractivity contribution in [2.45, 2.75) is 44.8 Å². The van der Waals surface area contributed by atoms with Gasteiger partial charge in [-0.05, 0) is 42.6 Å². The van der Waals surface area contributed by atoms with Gasteiger partial charge in [-0.1, -0.05) is 19.3 Å². The van der Waals surface area contributed by atoms with E-state index in [1.54, 1.807) is 6.07 Å². The highest BCUT2D eigenvalue weighted by Crippen LogP contribution is 2.27. The number of aldehydes is 1. The number of rotatable bonds is 6. The number of carbonyl (C=O) groups excluding carboxylic acids is 1. The largest absolute Gasteiger partial charge is 0.489 e. The van der Waals surface area contributed by atoms with Gasteiger partial charge >= 0.3 is 7.12 Å². The van der Waals surface area contributed by atoms with E-state index in [1.807, 2.05) is 16.9 Å². The van der Waals surface area contributed by atoms with E-state index in [2.05, 4.69) is 5.10 Å². The lowest BCUT2D eigenvalue weighted by molar-refractivity contribution is 0.112. The van der Waals surface area contributed by atoms with Crippen LogP contribution in [0.3, 0.4) is 0 Å². The Labute approximate surface area is 141 Å². The van der Waals surface area contributed by atoms with Crippen molar-refractivity contribution in [2.24, 2.45) is 0 Å². The number of ether oxygens (including phenoxy) is 1. The molecule has 126 valence electrons. The molecule has 0 saturated heterocycles. The fourth-order valence-electron chi connectivity index (χ4n) is 3.13. The Morgan fingerprint density at radius 3 is 2.75 bits per heavy atom. The van der Waals surface area contributed by atoms with Gasteiger partial charge in [0.15, 0.2) is 0 Å². The van der Waals surface area contributed by atoms with E-state index in [9.17, 15) is 14.8 Å². The molecule has 0 spiro atoms. The van der Waals surface area contributed by atoms with Crippen LogP contribution in [0.25, 0.3) is 0 Å². The molecule has 3 rings (SSSR count). The minimum atomic E-state index is -1.71. The second-order valence-corrected chi connectivity index (χ2v) is 6.15. The van der Waals surface area contributed by atoms with Crippen LogP contribution in [0.2, 0.25) is 0 Å². The minimum absolute atomic E-state index is 0.134. The van der Waals surface area contributed by atoms with Crippen LogP contribution in [0.15, 0.2) is 30.5 Å². The predicted molar refractivity (Wildman–Crippen MR) is 90.3 cm³/mol. The van der Waals surface area contributed by atoms with Gasteiger partial charge in [-0.2, -0.15) is 5.10 Å². The van der Waals surface area contributed by atoms with Gasteiger partial charge < -0.3 is 14.8 Å². The summed E-state index contributed by atoms with van der Waals surface area (Å²) < 4.78 is 7.69. The molecule has 0 atom stereocenters. The van der Waals surface area contributed by atoms with Crippen LogP contribution >= 0.6 is 0 Å². The zero-order chi connectivity index (χ0) is 16.9. The maximum atomic E-state index is 10.9. The first kappa shape index (κ1) is 16.7. The summed E-state index contributed by atoms with van der Waals surface area (Å²) in [5.74, 6) is 0.468. The Morgan fingerprint density at radius 1 is 1.25 bits per heavy atom. The highest BCUT2D eigenvalue weighted by Gasteiger charge is 2.18. The van der Waals surface area contributed by atoms with E-state index in [0.29, 0.717) is 24.7 Å². The fraction of sp³-hybridized carbons (Fsp3) is 0.412. The van der Waals surface area contributed by atoms with Crippen molar-refractivity contribution in [1.82, 2.24) is 9.78 Å². The molecule has 1 aromatic heterocycles. The van der Waals surface area contributed by atoms with Crippen molar-refractivity contribution in [3.8, 4) is 5.75 Å². The lowest BCUT2D eigenvalue weighted by atomic mass is 9.77. The van der Waals surface area contributed by atoms with Crippen LogP contribution in [0.1, 0.15) is 54.2 Å². The van der Waals surface area contributed by atoms with Crippen molar-refractivity contribution in [3.63, 3.8) is 0 Å². The van der Waals surface area contributed by atoms with Gasteiger partial charge in [0.2, 0.25) is 0 Å². The molecule has 0 aliphatic heterocycles. The number of nitrogens with zero attached hydrogens (tertiary/aromatic N) is 2. The molecule has 0 radical (unpaired) electrons. The summed E-state index contributed by atoms with van der Waals surface area (Å²) >= 11 is 0. The molecule has 6 nitrogen and oxygen atoms in total. The van der Waals surface area contributed by atoms with Gasteiger partial charge in [-0.3, -0.25) is 9.48 Å². The Bertz CT molecular complexity index is 696. The summed E-state index contributed by atoms with van der Waals surface area (Å²) in [7, 11) is -1.71. The normalized spacial score (nSPS) is 15.2. The second-order valence-electron chi connectivity index (χ2n) is 6.15. The van der Waals surface area contributed by atoms with Gasteiger partial charge in [-0.15, -0.1) is 0 Å². The molecule has 2 N–H and O–H groups in total. The highest BCUT2D eigenvalue weighted by molar-refractivity contribution is 6.60. The van der Waals surface area contributed by atoms with E-state index >= 15 is 0 Å². The van der Waals surface area contributed by atoms with Gasteiger partial charge in [-0.25, -0.2) is 0 Å². The summed E-state index contributed by atoms with van der Waals surface area (Å²) in [6.07, 6.45) is 8.75. The van der Waals surface area contributed by atoms with E-state index < -0.39 is 7.12 Å². The van der Waals surface area contributed by atoms with Crippen LogP contribution in [-0.4, -0.2) is 33.2 Å². The monoisotopic (exact) mass is 328 g/mol. The number of hydrogen-bond acceptors (Lipinski definition) is 5. The lowest BCUT2D eigenvalue weighted by Crippen LogP contribution is -2.33. The van der Waals surface area contributed by atoms with Crippen molar-refractivity contribution < 1.29 is 19.6 Å². The molecule has 1 saturated carbocycles. The third-order valence-corrected chi connectivity index (χ3v) is 4.46. The maximum Gasteiger partial charge on any atom is 0.489 e. The molecule has 1 fully saturated rings. The van der Waals surface area contributed by atoms with E-state index in [-0.39, 0.29) is 11.0 Å². The maximum absolute atomic E-state index is 10.9. The molecule has 1 aliphatic carbocycles. The number of aromatic nitrogens is 2. The number of carbonyl (C=O) groups is 1. The first-order chi connectivity index (χ1) is 11.7. The molecule has 24 heavy (non-hydrogen) atoms. The molecular weight excluding hydrogens is 307 g/mol. The predicted octanol–water partition coefficient (Wildman–Crippen LogP) is 1.46. The van der Waals surface area contributed by atoms with Crippen molar-refractivity contribution in [2.75, 3.05) is 0 Å². The molecule has 0 unspecified atom stereocenters. The Balaban J connectivity index is 1.64. The van der Waals surface area contributed by atoms with Gasteiger partial charge in [0.1, 0.15) is 18.6 Å². The Kier molecular flexibility index (Phi) is 5.32. The third kappa shape index (κ3) is 3.86. The van der Waals surface area contributed by atoms with Gasteiger partial charge in [0.25, 0.3) is 0 Å². The van der Waals surface area contributed by atoms with E-state index in [4.69, 9.17) is 4.74 Å². The zero-order valence-electron chi connectivity index (χ0n) is 13.5. The summed E-state index contributed by atoms with van der Waals surface area (Å²) in [6.45, 7) is 0.293. The Morgan fingerprint density at radius 2 is 2.04 bits per heavy atom. The number of benzene rings is 1. The van der Waals surface area contributed by atoms with Gasteiger partial charge in [0, 0.05) is 11.8 Å². The highest BCUT2D eigenvalue weighted by atomic mass is 16.5. The molecule has 0 amide bonds. The second kappa shape index (κ2) is 7.64. The fourth-order valence-corrected chi connectivity index (χ4v) is 3.13. The molecule has 1 aliphatic rings. The number of hydrogen-bond donors (Lipinski definition) is 2. The summed E-state index contributed by atoms with van der Waals surface area (Å²) in [5.41, 5.74) is 1.19. The van der Waals surface area contributed by atoms with Crippen LogP contribution in [0, 0.1) is 0 Å². The summed E-state index contributed by atoms with van der Waals surface area (Å²) in [4.78, 5) is 10.9. The molecular formula is C17H21BN2O4. The lowest BCUT2D eigenvalue weighted by Gasteiger charge is -2.21. The van der Waals surface area contributed by atoms with Crippen molar-refractivity contribution in [1.29, 1.82) is 0 Å². The molecule has 1 aromatic carbocycles. The van der Waals surface area contributed by atoms with E-state index in [1.165, 1.54) is 44.2 Å². The minimum Gasteiger partial charge on any atom is -0.487 e. The average Bonchev–Trinajstić information content (AvgIpc) is 3.09. The quantitative estimate of drug-likeness (QED) is 0.619. The summed E-state index contributed by atoms with van der Waals surface area (Å²) in [5, 5.41) is 23.2. The van der Waals surface area contributed by atoms with Crippen LogP contribution < -0.4 is 10.2 Å². The summed E-state index contributed by atoms with van der Waals surface area (Å²) in [6, 6.07) is 7.03. The molecule has 7 heteroatoms. The van der Waals surface area contributed by atoms with Crippen molar-refractivity contribution in [3.05, 3.63) is 41.7 Å². The molecule has 1 heterocycles. The standard InChI is InChI=1S/C17H21BN2O4/c21-11-13-6-7-16(10-17(13)18(22)23)24-12-14-8-9-20(19-14)15-4-2-1-3-5-15/h6-11,15,22-23H,1-5,12H2. The average molecular weight is 328 g/mol.